The maximum atomic E-state index is 12.5. The van der Waals surface area contributed by atoms with Crippen LogP contribution in [-0.4, -0.2) is 54.8 Å². The zero-order valence-electron chi connectivity index (χ0n) is 10.9. The van der Waals surface area contributed by atoms with Crippen LogP contribution in [0.15, 0.2) is 10.9 Å². The number of amides is 1. The van der Waals surface area contributed by atoms with Crippen molar-refractivity contribution in [1.29, 1.82) is 0 Å². The molecule has 5 nitrogen and oxygen atoms in total. The molecule has 0 radical (unpaired) electrons. The molecule has 1 saturated carbocycles. The monoisotopic (exact) mass is 282 g/mol. The number of hydrogen-bond acceptors (Lipinski definition) is 5. The van der Waals surface area contributed by atoms with Crippen LogP contribution < -0.4 is 0 Å². The molecule has 1 amide bonds. The molecule has 0 N–H and O–H groups in total. The Morgan fingerprint density at radius 2 is 2.53 bits per heavy atom. The van der Waals surface area contributed by atoms with Gasteiger partial charge in [0.25, 0.3) is 5.91 Å². The van der Waals surface area contributed by atoms with E-state index in [1.54, 1.807) is 12.6 Å². The molecule has 1 aliphatic heterocycles. The highest BCUT2D eigenvalue weighted by Gasteiger charge is 2.43. The first-order valence-electron chi connectivity index (χ1n) is 6.59. The Balaban J connectivity index is 1.73. The largest absolute Gasteiger partial charge is 0.384 e. The molecule has 1 aliphatic carbocycles. The van der Waals surface area contributed by atoms with Gasteiger partial charge in [0.2, 0.25) is 0 Å². The molecule has 19 heavy (non-hydrogen) atoms. The van der Waals surface area contributed by atoms with Gasteiger partial charge < -0.3 is 14.4 Å². The van der Waals surface area contributed by atoms with Crippen molar-refractivity contribution in [3.05, 3.63) is 16.6 Å². The highest BCUT2D eigenvalue weighted by atomic mass is 32.1. The molecule has 1 aromatic heterocycles. The van der Waals surface area contributed by atoms with Gasteiger partial charge in [-0.25, -0.2) is 4.98 Å². The highest BCUT2D eigenvalue weighted by molar-refractivity contribution is 7.07. The number of ether oxygens (including phenoxy) is 2. The Hall–Kier alpha value is -0.980. The topological polar surface area (TPSA) is 51.7 Å². The molecule has 0 aromatic carbocycles. The second-order valence-electron chi connectivity index (χ2n) is 5.14. The Morgan fingerprint density at radius 1 is 1.63 bits per heavy atom. The van der Waals surface area contributed by atoms with E-state index in [1.165, 1.54) is 11.3 Å². The van der Waals surface area contributed by atoms with Crippen LogP contribution in [0.25, 0.3) is 0 Å². The molecule has 104 valence electrons. The first-order valence-corrected chi connectivity index (χ1v) is 7.53. The first kappa shape index (κ1) is 13.0. The van der Waals surface area contributed by atoms with Gasteiger partial charge in [-0.15, -0.1) is 11.3 Å². The Kier molecular flexibility index (Phi) is 3.81. The van der Waals surface area contributed by atoms with Gasteiger partial charge in [0.15, 0.2) is 0 Å². The molecular weight excluding hydrogens is 264 g/mol. The summed E-state index contributed by atoms with van der Waals surface area (Å²) in [4.78, 5) is 18.5. The van der Waals surface area contributed by atoms with Crippen LogP contribution in [0, 0.1) is 5.92 Å². The van der Waals surface area contributed by atoms with Crippen molar-refractivity contribution in [1.82, 2.24) is 9.88 Å². The SMILES string of the molecule is COCC1C[C@@H]2OCCN(C(=O)c3cscn3)[C@H]2C1. The number of fused-ring (bicyclic) bond motifs is 1. The normalized spacial score (nSPS) is 30.4. The Morgan fingerprint density at radius 3 is 3.26 bits per heavy atom. The third-order valence-corrected chi connectivity index (χ3v) is 4.54. The van der Waals surface area contributed by atoms with E-state index in [2.05, 4.69) is 4.98 Å². The fourth-order valence-corrected chi connectivity index (χ4v) is 3.67. The standard InChI is InChI=1S/C13H18N2O3S/c1-17-6-9-4-11-12(5-9)18-3-2-15(11)13(16)10-7-19-8-14-10/h7-9,11-12H,2-6H2,1H3/t9?,11-,12-/m0/s1. The number of rotatable bonds is 3. The molecule has 3 atom stereocenters. The van der Waals surface area contributed by atoms with E-state index in [-0.39, 0.29) is 18.1 Å². The van der Waals surface area contributed by atoms with Crippen molar-refractivity contribution in [3.8, 4) is 0 Å². The molecule has 0 bridgehead atoms. The van der Waals surface area contributed by atoms with E-state index in [0.29, 0.717) is 24.8 Å². The van der Waals surface area contributed by atoms with Crippen LogP contribution in [0.3, 0.4) is 0 Å². The molecule has 2 heterocycles. The van der Waals surface area contributed by atoms with E-state index in [1.807, 2.05) is 10.3 Å². The van der Waals surface area contributed by atoms with E-state index < -0.39 is 0 Å². The molecule has 1 aromatic rings. The predicted octanol–water partition coefficient (Wildman–Crippen LogP) is 1.41. The van der Waals surface area contributed by atoms with Crippen molar-refractivity contribution >= 4 is 17.2 Å². The maximum absolute atomic E-state index is 12.5. The van der Waals surface area contributed by atoms with Crippen molar-refractivity contribution in [2.75, 3.05) is 26.9 Å². The molecular formula is C13H18N2O3S. The third-order valence-electron chi connectivity index (χ3n) is 3.95. The van der Waals surface area contributed by atoms with Crippen LogP contribution in [0.4, 0.5) is 0 Å². The summed E-state index contributed by atoms with van der Waals surface area (Å²) in [5, 5.41) is 1.81. The summed E-state index contributed by atoms with van der Waals surface area (Å²) < 4.78 is 11.0. The lowest BCUT2D eigenvalue weighted by Gasteiger charge is -2.37. The molecule has 6 heteroatoms. The summed E-state index contributed by atoms with van der Waals surface area (Å²) in [6, 6.07) is 0.183. The van der Waals surface area contributed by atoms with Crippen LogP contribution in [-0.2, 0) is 9.47 Å². The zero-order chi connectivity index (χ0) is 13.2. The lowest BCUT2D eigenvalue weighted by Crippen LogP contribution is -2.51. The highest BCUT2D eigenvalue weighted by Crippen LogP contribution is 2.34. The number of morpholine rings is 1. The second kappa shape index (κ2) is 5.56. The lowest BCUT2D eigenvalue weighted by molar-refractivity contribution is -0.0451. The number of carbonyl (C=O) groups is 1. The quantitative estimate of drug-likeness (QED) is 0.841. The fraction of sp³-hybridized carbons (Fsp3) is 0.692. The maximum Gasteiger partial charge on any atom is 0.273 e. The number of nitrogens with zero attached hydrogens (tertiary/aromatic N) is 2. The Bertz CT molecular complexity index is 437. The van der Waals surface area contributed by atoms with Gasteiger partial charge in [-0.3, -0.25) is 4.79 Å². The molecule has 2 aliphatic rings. The van der Waals surface area contributed by atoms with Crippen LogP contribution in [0.2, 0.25) is 0 Å². The summed E-state index contributed by atoms with van der Waals surface area (Å²) in [6.45, 7) is 2.03. The lowest BCUT2D eigenvalue weighted by atomic mass is 10.1. The third kappa shape index (κ3) is 2.52. The second-order valence-corrected chi connectivity index (χ2v) is 5.86. The molecule has 2 fully saturated rings. The average molecular weight is 282 g/mol. The minimum Gasteiger partial charge on any atom is -0.384 e. The van der Waals surface area contributed by atoms with Gasteiger partial charge in [-0.2, -0.15) is 0 Å². The van der Waals surface area contributed by atoms with Crippen molar-refractivity contribution in [2.24, 2.45) is 5.92 Å². The smallest absolute Gasteiger partial charge is 0.273 e. The minimum absolute atomic E-state index is 0.0395. The van der Waals surface area contributed by atoms with E-state index in [4.69, 9.17) is 9.47 Å². The van der Waals surface area contributed by atoms with Crippen LogP contribution in [0.5, 0.6) is 0 Å². The predicted molar refractivity (Wildman–Crippen MR) is 71.3 cm³/mol. The van der Waals surface area contributed by atoms with E-state index >= 15 is 0 Å². The Labute approximate surface area is 116 Å². The summed E-state index contributed by atoms with van der Waals surface area (Å²) in [7, 11) is 1.72. The number of hydrogen-bond donors (Lipinski definition) is 0. The van der Waals surface area contributed by atoms with Gasteiger partial charge >= 0.3 is 0 Å². The number of carbonyl (C=O) groups excluding carboxylic acids is 1. The van der Waals surface area contributed by atoms with Crippen LogP contribution in [0.1, 0.15) is 23.3 Å². The van der Waals surface area contributed by atoms with E-state index in [0.717, 1.165) is 19.4 Å². The van der Waals surface area contributed by atoms with Gasteiger partial charge in [0.1, 0.15) is 5.69 Å². The average Bonchev–Trinajstić information content (AvgIpc) is 3.06. The molecule has 1 unspecified atom stereocenters. The van der Waals surface area contributed by atoms with E-state index in [9.17, 15) is 4.79 Å². The fourth-order valence-electron chi connectivity index (χ4n) is 3.14. The summed E-state index contributed by atoms with van der Waals surface area (Å²) >= 11 is 1.46. The van der Waals surface area contributed by atoms with Crippen molar-refractivity contribution in [3.63, 3.8) is 0 Å². The number of thiazole rings is 1. The molecule has 1 saturated heterocycles. The minimum atomic E-state index is 0.0395. The van der Waals surface area contributed by atoms with Gasteiger partial charge in [-0.1, -0.05) is 0 Å². The number of aromatic nitrogens is 1. The molecule has 3 rings (SSSR count). The molecule has 0 spiro atoms. The van der Waals surface area contributed by atoms with Crippen LogP contribution >= 0.6 is 11.3 Å². The zero-order valence-corrected chi connectivity index (χ0v) is 11.8. The van der Waals surface area contributed by atoms with Gasteiger partial charge in [0, 0.05) is 25.6 Å². The summed E-state index contributed by atoms with van der Waals surface area (Å²) in [6.07, 6.45) is 2.12. The summed E-state index contributed by atoms with van der Waals surface area (Å²) in [5.74, 6) is 0.529. The first-order chi connectivity index (χ1) is 9.29. The van der Waals surface area contributed by atoms with Crippen molar-refractivity contribution in [2.45, 2.75) is 25.0 Å². The number of methoxy groups -OCH3 is 1. The van der Waals surface area contributed by atoms with Gasteiger partial charge in [-0.05, 0) is 18.8 Å². The summed E-state index contributed by atoms with van der Waals surface area (Å²) in [5.41, 5.74) is 2.26. The van der Waals surface area contributed by atoms with Gasteiger partial charge in [0.05, 0.1) is 24.3 Å². The van der Waals surface area contributed by atoms with Crippen molar-refractivity contribution < 1.29 is 14.3 Å².